The molecule has 5 atom stereocenters. The highest BCUT2D eigenvalue weighted by Gasteiger charge is 2.47. The van der Waals surface area contributed by atoms with E-state index in [4.69, 9.17) is 13.6 Å². The summed E-state index contributed by atoms with van der Waals surface area (Å²) in [5.74, 6) is 0.233. The van der Waals surface area contributed by atoms with E-state index >= 15 is 0 Å². The summed E-state index contributed by atoms with van der Waals surface area (Å²) < 4.78 is 19.7. The van der Waals surface area contributed by atoms with Gasteiger partial charge in [-0.3, -0.25) is 0 Å². The summed E-state index contributed by atoms with van der Waals surface area (Å²) in [6.07, 6.45) is 4.90. The summed E-state index contributed by atoms with van der Waals surface area (Å²) >= 11 is 0. The quantitative estimate of drug-likeness (QED) is 0.262. The molecule has 6 heteroatoms. The zero-order valence-electron chi connectivity index (χ0n) is 21.0. The van der Waals surface area contributed by atoms with Crippen LogP contribution in [-0.4, -0.2) is 47.3 Å². The van der Waals surface area contributed by atoms with E-state index in [1.165, 1.54) is 0 Å². The van der Waals surface area contributed by atoms with Gasteiger partial charge in [-0.05, 0) is 43.2 Å². The van der Waals surface area contributed by atoms with Crippen molar-refractivity contribution in [3.8, 4) is 0 Å². The maximum atomic E-state index is 12.1. The third kappa shape index (κ3) is 6.60. The van der Waals surface area contributed by atoms with Crippen LogP contribution in [0.3, 0.4) is 0 Å². The Labute approximate surface area is 182 Å². The first-order valence-corrected chi connectivity index (χ1v) is 16.9. The standard InChI is InChI=1S/C23H46O4Si2/c1-13-14-18-17(2)19(26-28(9,10)22(3,4)5)15-20(25-18)21(16-24)27-29(11,12)23(6,7)8/h13-14,16-21H,15H2,1-12H3/b14-13+/t17-,18+,19+,20+,21-/m0/s1. The molecular formula is C23H46O4Si2. The molecule has 0 amide bonds. The van der Waals surface area contributed by atoms with Gasteiger partial charge in [-0.1, -0.05) is 60.6 Å². The van der Waals surface area contributed by atoms with E-state index in [1.54, 1.807) is 0 Å². The van der Waals surface area contributed by atoms with Crippen LogP contribution in [0.4, 0.5) is 0 Å². The molecule has 29 heavy (non-hydrogen) atoms. The normalized spacial score (nSPS) is 28.6. The molecule has 0 saturated carbocycles. The van der Waals surface area contributed by atoms with Gasteiger partial charge < -0.3 is 18.4 Å². The molecule has 0 spiro atoms. The van der Waals surface area contributed by atoms with Gasteiger partial charge >= 0.3 is 0 Å². The zero-order chi connectivity index (χ0) is 22.8. The Hall–Kier alpha value is -0.276. The first kappa shape index (κ1) is 26.8. The Balaban J connectivity index is 3.15. The van der Waals surface area contributed by atoms with Crippen LogP contribution in [0, 0.1) is 5.92 Å². The second-order valence-electron chi connectivity index (χ2n) is 11.7. The third-order valence-corrected chi connectivity index (χ3v) is 16.3. The van der Waals surface area contributed by atoms with Crippen molar-refractivity contribution in [2.75, 3.05) is 0 Å². The summed E-state index contributed by atoms with van der Waals surface area (Å²) in [5, 5.41) is 0.175. The van der Waals surface area contributed by atoms with Crippen molar-refractivity contribution in [2.24, 2.45) is 5.92 Å². The second kappa shape index (κ2) is 9.47. The Morgan fingerprint density at radius 1 is 1.00 bits per heavy atom. The fourth-order valence-corrected chi connectivity index (χ4v) is 5.74. The summed E-state index contributed by atoms with van der Waals surface area (Å²) in [5.41, 5.74) is 0. The summed E-state index contributed by atoms with van der Waals surface area (Å²) in [7, 11) is -4.03. The Bertz CT molecular complexity index is 572. The van der Waals surface area contributed by atoms with E-state index in [0.717, 1.165) is 6.29 Å². The molecule has 1 rings (SSSR count). The van der Waals surface area contributed by atoms with Gasteiger partial charge in [-0.2, -0.15) is 0 Å². The minimum atomic E-state index is -2.09. The van der Waals surface area contributed by atoms with Gasteiger partial charge in [0.2, 0.25) is 0 Å². The maximum Gasteiger partial charge on any atom is 0.193 e. The van der Waals surface area contributed by atoms with E-state index in [9.17, 15) is 4.79 Å². The van der Waals surface area contributed by atoms with Gasteiger partial charge in [0.05, 0.1) is 18.3 Å². The van der Waals surface area contributed by atoms with E-state index in [2.05, 4.69) is 80.7 Å². The van der Waals surface area contributed by atoms with E-state index in [0.29, 0.717) is 6.42 Å². The molecule has 1 heterocycles. The molecule has 0 aromatic heterocycles. The van der Waals surface area contributed by atoms with Crippen LogP contribution < -0.4 is 0 Å². The predicted molar refractivity (Wildman–Crippen MR) is 127 cm³/mol. The van der Waals surface area contributed by atoms with Gasteiger partial charge in [0.1, 0.15) is 12.4 Å². The Kier molecular flexibility index (Phi) is 8.74. The zero-order valence-corrected chi connectivity index (χ0v) is 23.0. The van der Waals surface area contributed by atoms with Gasteiger partial charge in [0, 0.05) is 12.3 Å². The predicted octanol–water partition coefficient (Wildman–Crippen LogP) is 6.34. The molecule has 1 fully saturated rings. The molecule has 1 saturated heterocycles. The largest absolute Gasteiger partial charge is 0.413 e. The van der Waals surface area contributed by atoms with Gasteiger partial charge in [0.15, 0.2) is 16.6 Å². The molecule has 4 nitrogen and oxygen atoms in total. The highest BCUT2D eigenvalue weighted by molar-refractivity contribution is 6.74. The fourth-order valence-electron chi connectivity index (χ4n) is 3.08. The molecule has 0 aromatic rings. The minimum absolute atomic E-state index is 0.0377. The van der Waals surface area contributed by atoms with Gasteiger partial charge in [-0.25, -0.2) is 0 Å². The van der Waals surface area contributed by atoms with Crippen LogP contribution in [0.1, 0.15) is 61.8 Å². The number of ether oxygens (including phenoxy) is 1. The SMILES string of the molecule is C/C=C/[C@H]1O[C@@H]([C@H](C=O)O[Si](C)(C)C(C)(C)C)C[C@@H](O[Si](C)(C)C(C)(C)C)[C@H]1C. The average Bonchev–Trinajstić information content (AvgIpc) is 2.54. The molecular weight excluding hydrogens is 396 g/mol. The summed E-state index contributed by atoms with van der Waals surface area (Å²) in [6.45, 7) is 26.5. The summed E-state index contributed by atoms with van der Waals surface area (Å²) in [6, 6.07) is 0. The first-order chi connectivity index (χ1) is 13.0. The summed E-state index contributed by atoms with van der Waals surface area (Å²) in [4.78, 5) is 12.1. The lowest BCUT2D eigenvalue weighted by Gasteiger charge is -2.47. The van der Waals surface area contributed by atoms with Crippen molar-refractivity contribution < 1.29 is 18.4 Å². The topological polar surface area (TPSA) is 44.8 Å². The molecule has 170 valence electrons. The van der Waals surface area contributed by atoms with Gasteiger partial charge in [-0.15, -0.1) is 0 Å². The molecule has 0 aromatic carbocycles. The van der Waals surface area contributed by atoms with Crippen molar-refractivity contribution in [3.63, 3.8) is 0 Å². The number of aldehydes is 1. The van der Waals surface area contributed by atoms with Gasteiger partial charge in [0.25, 0.3) is 0 Å². The molecule has 1 aliphatic heterocycles. The lowest BCUT2D eigenvalue weighted by molar-refractivity contribution is -0.149. The van der Waals surface area contributed by atoms with Crippen LogP contribution in [0.2, 0.25) is 36.3 Å². The lowest BCUT2D eigenvalue weighted by Crippen LogP contribution is -2.55. The van der Waals surface area contributed by atoms with Crippen molar-refractivity contribution in [1.29, 1.82) is 0 Å². The number of hydrogen-bond acceptors (Lipinski definition) is 4. The monoisotopic (exact) mass is 442 g/mol. The van der Waals surface area contributed by atoms with Crippen LogP contribution >= 0.6 is 0 Å². The van der Waals surface area contributed by atoms with E-state index in [1.807, 2.05) is 13.0 Å². The molecule has 0 radical (unpaired) electrons. The van der Waals surface area contributed by atoms with Crippen LogP contribution in [0.5, 0.6) is 0 Å². The lowest BCUT2D eigenvalue weighted by atomic mass is 9.88. The maximum absolute atomic E-state index is 12.1. The van der Waals surface area contributed by atoms with Crippen LogP contribution in [0.15, 0.2) is 12.2 Å². The van der Waals surface area contributed by atoms with Crippen molar-refractivity contribution in [2.45, 2.75) is 122 Å². The van der Waals surface area contributed by atoms with Crippen LogP contribution in [-0.2, 0) is 18.4 Å². The third-order valence-electron chi connectivity index (χ3n) is 7.27. The number of rotatable bonds is 7. The minimum Gasteiger partial charge on any atom is -0.413 e. The van der Waals surface area contributed by atoms with Crippen LogP contribution in [0.25, 0.3) is 0 Å². The Morgan fingerprint density at radius 3 is 1.93 bits per heavy atom. The number of carbonyl (C=O) groups is 1. The fraction of sp³-hybridized carbons (Fsp3) is 0.870. The van der Waals surface area contributed by atoms with E-state index in [-0.39, 0.29) is 34.3 Å². The highest BCUT2D eigenvalue weighted by Crippen LogP contribution is 2.42. The first-order valence-electron chi connectivity index (χ1n) is 11.1. The smallest absolute Gasteiger partial charge is 0.193 e. The van der Waals surface area contributed by atoms with E-state index < -0.39 is 22.7 Å². The van der Waals surface area contributed by atoms with Crippen molar-refractivity contribution in [1.82, 2.24) is 0 Å². The molecule has 0 bridgehead atoms. The average molecular weight is 443 g/mol. The molecule has 0 N–H and O–H groups in total. The molecule has 1 aliphatic rings. The molecule has 0 unspecified atom stereocenters. The number of hydrogen-bond donors (Lipinski definition) is 0. The second-order valence-corrected chi connectivity index (χ2v) is 21.2. The van der Waals surface area contributed by atoms with Crippen molar-refractivity contribution >= 4 is 22.9 Å². The number of allylic oxidation sites excluding steroid dienone is 1. The highest BCUT2D eigenvalue weighted by atomic mass is 28.4. The van der Waals surface area contributed by atoms with Crippen molar-refractivity contribution in [3.05, 3.63) is 12.2 Å². The number of carbonyl (C=O) groups excluding carboxylic acids is 1. The Morgan fingerprint density at radius 2 is 1.52 bits per heavy atom. The molecule has 0 aliphatic carbocycles.